The number of fused-ring (bicyclic) bond motifs is 1. The molecule has 2 aromatic rings. The summed E-state index contributed by atoms with van der Waals surface area (Å²) in [4.78, 5) is 2.17. The number of anilines is 2. The molecule has 0 aliphatic carbocycles. The molecular formula is C19H25ClN2O3S. The summed E-state index contributed by atoms with van der Waals surface area (Å²) in [6.45, 7) is 3.87. The number of sulfonamides is 1. The smallest absolute Gasteiger partial charge is 0.277 e. The van der Waals surface area contributed by atoms with E-state index in [0.717, 1.165) is 19.5 Å². The van der Waals surface area contributed by atoms with Gasteiger partial charge in [-0.3, -0.25) is 0 Å². The molecule has 0 aromatic heterocycles. The molecule has 0 N–H and O–H groups in total. The third-order valence-corrected chi connectivity index (χ3v) is 6.35. The van der Waals surface area contributed by atoms with E-state index in [1.807, 2.05) is 55.6 Å². The summed E-state index contributed by atoms with van der Waals surface area (Å²) in [5, 5.41) is 0. The molecule has 0 amide bonds. The van der Waals surface area contributed by atoms with Crippen molar-refractivity contribution in [3.63, 3.8) is 0 Å². The summed E-state index contributed by atoms with van der Waals surface area (Å²) in [7, 11) is -1.61. The lowest BCUT2D eigenvalue weighted by atomic mass is 10.2. The fourth-order valence-electron chi connectivity index (χ4n) is 2.92. The number of rotatable bonds is 6. The Morgan fingerprint density at radius 1 is 1.08 bits per heavy atom. The second kappa shape index (κ2) is 8.75. The van der Waals surface area contributed by atoms with E-state index in [4.69, 9.17) is 4.74 Å². The van der Waals surface area contributed by atoms with Gasteiger partial charge < -0.3 is 9.64 Å². The van der Waals surface area contributed by atoms with Gasteiger partial charge >= 0.3 is 0 Å². The molecule has 0 saturated carbocycles. The van der Waals surface area contributed by atoms with Gasteiger partial charge in [-0.1, -0.05) is 37.3 Å². The van der Waals surface area contributed by atoms with Crippen LogP contribution in [0.5, 0.6) is 5.75 Å². The molecule has 3 rings (SSSR count). The van der Waals surface area contributed by atoms with Gasteiger partial charge in [0.15, 0.2) is 0 Å². The van der Waals surface area contributed by atoms with Crippen LogP contribution in [0.2, 0.25) is 0 Å². The van der Waals surface area contributed by atoms with Gasteiger partial charge in [0.25, 0.3) is 10.0 Å². The number of hydrogen-bond donors (Lipinski definition) is 0. The number of benzene rings is 2. The number of nitrogens with zero attached hydrogens (tertiary/aromatic N) is 2. The Morgan fingerprint density at radius 2 is 1.73 bits per heavy atom. The Kier molecular flexibility index (Phi) is 6.92. The lowest BCUT2D eigenvalue weighted by molar-refractivity contribution is 0.242. The van der Waals surface area contributed by atoms with E-state index < -0.39 is 15.5 Å². The minimum atomic E-state index is -3.64. The van der Waals surface area contributed by atoms with Gasteiger partial charge in [-0.2, -0.15) is 0 Å². The molecule has 0 bridgehead atoms. The van der Waals surface area contributed by atoms with Crippen LogP contribution in [-0.2, 0) is 10.0 Å². The van der Waals surface area contributed by atoms with Crippen LogP contribution in [0, 0.1) is 0 Å². The minimum absolute atomic E-state index is 0. The van der Waals surface area contributed by atoms with Crippen LogP contribution in [0.4, 0.5) is 11.4 Å². The Balaban J connectivity index is 0.00000243. The number of hydrogen-bond acceptors (Lipinski definition) is 4. The lowest BCUT2D eigenvalue weighted by Crippen LogP contribution is -2.43. The predicted molar refractivity (Wildman–Crippen MR) is 108 cm³/mol. The molecule has 0 spiro atoms. The minimum Gasteiger partial charge on any atom is -0.470 e. The number of para-hydroxylation sites is 3. The Labute approximate surface area is 162 Å². The van der Waals surface area contributed by atoms with Crippen molar-refractivity contribution >= 4 is 33.8 Å². The molecule has 1 unspecified atom stereocenters. The first-order valence-corrected chi connectivity index (χ1v) is 10.1. The fraction of sp³-hybridized carbons (Fsp3) is 0.368. The molecule has 1 atom stereocenters. The number of halogens is 1. The topological polar surface area (TPSA) is 49.9 Å². The van der Waals surface area contributed by atoms with Gasteiger partial charge in [0, 0.05) is 6.42 Å². The zero-order valence-corrected chi connectivity index (χ0v) is 16.7. The van der Waals surface area contributed by atoms with E-state index in [2.05, 4.69) is 11.8 Å². The molecule has 1 aliphatic rings. The average molecular weight is 397 g/mol. The van der Waals surface area contributed by atoms with E-state index >= 15 is 0 Å². The fourth-order valence-corrected chi connectivity index (χ4v) is 4.69. The van der Waals surface area contributed by atoms with Crippen LogP contribution in [0.3, 0.4) is 0 Å². The molecule has 0 radical (unpaired) electrons. The predicted octanol–water partition coefficient (Wildman–Crippen LogP) is 4.03. The number of ether oxygens (including phenoxy) is 1. The largest absolute Gasteiger partial charge is 0.470 e. The maximum absolute atomic E-state index is 13.2. The summed E-state index contributed by atoms with van der Waals surface area (Å²) in [5.74, 6) is 0.607. The third kappa shape index (κ3) is 4.14. The van der Waals surface area contributed by atoms with Crippen LogP contribution < -0.4 is 9.04 Å². The first kappa shape index (κ1) is 20.6. The normalized spacial score (nSPS) is 18.0. The summed E-state index contributed by atoms with van der Waals surface area (Å²) in [6, 6.07) is 16.5. The maximum Gasteiger partial charge on any atom is 0.277 e. The van der Waals surface area contributed by atoms with Gasteiger partial charge in [-0.25, -0.2) is 12.7 Å². The second-order valence-electron chi connectivity index (χ2n) is 6.20. The first-order chi connectivity index (χ1) is 12.0. The molecule has 0 saturated heterocycles. The van der Waals surface area contributed by atoms with Gasteiger partial charge in [-0.05, 0) is 50.8 Å². The van der Waals surface area contributed by atoms with E-state index in [9.17, 15) is 8.42 Å². The SMILES string of the molecule is CCN(C)CCCC1Oc2ccccc2N(c2ccccc2)S1(=O)=O.Cl. The molecular weight excluding hydrogens is 372 g/mol. The Morgan fingerprint density at radius 3 is 2.42 bits per heavy atom. The highest BCUT2D eigenvalue weighted by atomic mass is 35.5. The van der Waals surface area contributed by atoms with Crippen molar-refractivity contribution in [3.05, 3.63) is 54.6 Å². The zero-order valence-electron chi connectivity index (χ0n) is 15.0. The van der Waals surface area contributed by atoms with E-state index in [-0.39, 0.29) is 12.4 Å². The van der Waals surface area contributed by atoms with Crippen LogP contribution >= 0.6 is 12.4 Å². The van der Waals surface area contributed by atoms with Crippen molar-refractivity contribution < 1.29 is 13.2 Å². The molecule has 5 nitrogen and oxygen atoms in total. The highest BCUT2D eigenvalue weighted by Crippen LogP contribution is 2.42. The van der Waals surface area contributed by atoms with E-state index in [0.29, 0.717) is 23.5 Å². The molecule has 1 heterocycles. The zero-order chi connectivity index (χ0) is 17.9. The van der Waals surface area contributed by atoms with Gasteiger partial charge in [0.1, 0.15) is 5.75 Å². The van der Waals surface area contributed by atoms with Crippen LogP contribution in [0.1, 0.15) is 19.8 Å². The second-order valence-corrected chi connectivity index (χ2v) is 8.12. The van der Waals surface area contributed by atoms with Crippen LogP contribution in [-0.4, -0.2) is 38.9 Å². The monoisotopic (exact) mass is 396 g/mol. The maximum atomic E-state index is 13.2. The standard InChI is InChI=1S/C19H24N2O3S.ClH/c1-3-20(2)15-9-14-19-24-18-13-8-7-12-17(18)21(25(19,22)23)16-10-5-4-6-11-16;/h4-8,10-13,19H,3,9,14-15H2,1-2H3;1H. The molecule has 26 heavy (non-hydrogen) atoms. The molecule has 1 aliphatic heterocycles. The van der Waals surface area contributed by atoms with Crippen LogP contribution in [0.25, 0.3) is 0 Å². The first-order valence-electron chi connectivity index (χ1n) is 8.57. The summed E-state index contributed by atoms with van der Waals surface area (Å²) >= 11 is 0. The van der Waals surface area contributed by atoms with Crippen molar-refractivity contribution in [2.75, 3.05) is 24.4 Å². The summed E-state index contributed by atoms with van der Waals surface area (Å²) < 4.78 is 33.7. The highest BCUT2D eigenvalue weighted by molar-refractivity contribution is 7.93. The van der Waals surface area contributed by atoms with E-state index in [1.54, 1.807) is 6.07 Å². The molecule has 7 heteroatoms. The van der Waals surface area contributed by atoms with Crippen molar-refractivity contribution in [2.24, 2.45) is 0 Å². The molecule has 142 valence electrons. The van der Waals surface area contributed by atoms with Gasteiger partial charge in [0.05, 0.1) is 11.4 Å². The van der Waals surface area contributed by atoms with E-state index in [1.165, 1.54) is 4.31 Å². The van der Waals surface area contributed by atoms with Crippen LogP contribution in [0.15, 0.2) is 54.6 Å². The molecule has 0 fully saturated rings. The Bertz CT molecular complexity index is 815. The summed E-state index contributed by atoms with van der Waals surface area (Å²) in [6.07, 6.45) is 1.23. The highest BCUT2D eigenvalue weighted by Gasteiger charge is 2.40. The van der Waals surface area contributed by atoms with Gasteiger partial charge in [-0.15, -0.1) is 12.4 Å². The average Bonchev–Trinajstić information content (AvgIpc) is 2.62. The quantitative estimate of drug-likeness (QED) is 0.739. The van der Waals surface area contributed by atoms with Gasteiger partial charge in [0.2, 0.25) is 5.44 Å². The van der Waals surface area contributed by atoms with Crippen molar-refractivity contribution in [1.82, 2.24) is 4.90 Å². The summed E-state index contributed by atoms with van der Waals surface area (Å²) in [5.41, 5.74) is 0.331. The Hall–Kier alpha value is -1.76. The lowest BCUT2D eigenvalue weighted by Gasteiger charge is -2.35. The molecule has 2 aromatic carbocycles. The third-order valence-electron chi connectivity index (χ3n) is 4.44. The van der Waals surface area contributed by atoms with Crippen molar-refractivity contribution in [2.45, 2.75) is 25.2 Å². The van der Waals surface area contributed by atoms with Crippen molar-refractivity contribution in [1.29, 1.82) is 0 Å². The van der Waals surface area contributed by atoms with Crippen molar-refractivity contribution in [3.8, 4) is 5.75 Å².